The minimum atomic E-state index is -1.93. The maximum Gasteiger partial charge on any atom is 0.191 e. The second kappa shape index (κ2) is 3.59. The first-order chi connectivity index (χ1) is 7.50. The van der Waals surface area contributed by atoms with Crippen LogP contribution in [0.5, 0.6) is 0 Å². The molecule has 1 fully saturated rings. The van der Waals surface area contributed by atoms with Crippen LogP contribution in [0, 0.1) is 23.2 Å². The smallest absolute Gasteiger partial charge is 0.191 e. The van der Waals surface area contributed by atoms with E-state index in [1.807, 2.05) is 6.07 Å². The molecule has 2 rings (SSSR count). The summed E-state index contributed by atoms with van der Waals surface area (Å²) < 4.78 is 0. The van der Waals surface area contributed by atoms with Gasteiger partial charge in [0.05, 0.1) is 12.0 Å². The molecule has 2 aliphatic rings. The summed E-state index contributed by atoms with van der Waals surface area (Å²) in [6, 6.07) is 1.94. The zero-order valence-corrected chi connectivity index (χ0v) is 9.70. The van der Waals surface area contributed by atoms with Gasteiger partial charge in [-0.25, -0.2) is 0 Å². The Kier molecular flexibility index (Phi) is 2.61. The summed E-state index contributed by atoms with van der Waals surface area (Å²) in [7, 11) is 0. The van der Waals surface area contributed by atoms with Crippen molar-refractivity contribution in [3.8, 4) is 6.07 Å². The third kappa shape index (κ3) is 1.15. The van der Waals surface area contributed by atoms with Gasteiger partial charge < -0.3 is 10.2 Å². The van der Waals surface area contributed by atoms with Crippen LogP contribution in [0.25, 0.3) is 0 Å². The quantitative estimate of drug-likeness (QED) is 0.715. The number of carbonyl (C=O) groups is 1. The molecule has 2 aliphatic carbocycles. The van der Waals surface area contributed by atoms with Crippen molar-refractivity contribution < 1.29 is 15.0 Å². The number of hydrogen-bond acceptors (Lipinski definition) is 5. The van der Waals surface area contributed by atoms with Crippen molar-refractivity contribution in [2.75, 3.05) is 12.0 Å². The Labute approximate surface area is 98.0 Å². The minimum Gasteiger partial charge on any atom is -0.385 e. The van der Waals surface area contributed by atoms with Gasteiger partial charge in [0.1, 0.15) is 5.60 Å². The van der Waals surface area contributed by atoms with Gasteiger partial charge in [0.25, 0.3) is 0 Å². The molecule has 0 heterocycles. The summed E-state index contributed by atoms with van der Waals surface area (Å²) in [5, 5.41) is 29.9. The zero-order valence-electron chi connectivity index (χ0n) is 8.88. The van der Waals surface area contributed by atoms with Crippen LogP contribution in [0.2, 0.25) is 0 Å². The van der Waals surface area contributed by atoms with Crippen LogP contribution in [-0.2, 0) is 4.79 Å². The number of hydrogen-bond donors (Lipinski definition) is 2. The monoisotopic (exact) mass is 239 g/mol. The van der Waals surface area contributed by atoms with Gasteiger partial charge in [0.15, 0.2) is 11.4 Å². The molecule has 0 aromatic rings. The first kappa shape index (κ1) is 11.6. The summed E-state index contributed by atoms with van der Waals surface area (Å²) in [6.07, 6.45) is 5.04. The molecule has 4 atom stereocenters. The number of fused-ring (bicyclic) bond motifs is 2. The molecule has 1 saturated carbocycles. The summed E-state index contributed by atoms with van der Waals surface area (Å²) >= 11 is 1.36. The van der Waals surface area contributed by atoms with Crippen LogP contribution in [0.4, 0.5) is 0 Å². The van der Waals surface area contributed by atoms with E-state index >= 15 is 0 Å². The predicted molar refractivity (Wildman–Crippen MR) is 59.6 cm³/mol. The normalized spacial score (nSPS) is 45.8. The second-order valence-corrected chi connectivity index (χ2v) is 5.24. The lowest BCUT2D eigenvalue weighted by molar-refractivity contribution is -0.166. The van der Waals surface area contributed by atoms with E-state index in [1.54, 1.807) is 12.3 Å². The number of carbonyl (C=O) groups excluding carboxylic acids is 1. The van der Waals surface area contributed by atoms with Gasteiger partial charge in [0.2, 0.25) is 0 Å². The van der Waals surface area contributed by atoms with E-state index in [9.17, 15) is 15.0 Å². The highest BCUT2D eigenvalue weighted by Crippen LogP contribution is 2.52. The van der Waals surface area contributed by atoms with E-state index in [0.717, 1.165) is 0 Å². The van der Waals surface area contributed by atoms with Gasteiger partial charge >= 0.3 is 0 Å². The number of rotatable bonds is 2. The van der Waals surface area contributed by atoms with E-state index in [1.165, 1.54) is 17.8 Å². The van der Waals surface area contributed by atoms with Gasteiger partial charge in [-0.1, -0.05) is 6.08 Å². The van der Waals surface area contributed by atoms with Crippen LogP contribution in [0.15, 0.2) is 12.2 Å². The number of aliphatic hydroxyl groups is 2. The third-order valence-electron chi connectivity index (χ3n) is 3.64. The summed E-state index contributed by atoms with van der Waals surface area (Å²) in [5.74, 6) is -1.43. The van der Waals surface area contributed by atoms with Crippen LogP contribution < -0.4 is 0 Å². The first-order valence-corrected chi connectivity index (χ1v) is 6.46. The highest BCUT2D eigenvalue weighted by molar-refractivity contribution is 7.98. The largest absolute Gasteiger partial charge is 0.385 e. The Morgan fingerprint density at radius 2 is 2.38 bits per heavy atom. The van der Waals surface area contributed by atoms with E-state index in [-0.39, 0.29) is 11.7 Å². The topological polar surface area (TPSA) is 81.3 Å². The average Bonchev–Trinajstić information content (AvgIpc) is 2.38. The molecule has 0 saturated heterocycles. The molecule has 86 valence electrons. The predicted octanol–water partition coefficient (Wildman–Crippen LogP) is 0.110. The van der Waals surface area contributed by atoms with Gasteiger partial charge in [-0.05, 0) is 18.8 Å². The highest BCUT2D eigenvalue weighted by atomic mass is 32.2. The molecular weight excluding hydrogens is 226 g/mol. The highest BCUT2D eigenvalue weighted by Gasteiger charge is 2.68. The Hall–Kier alpha value is -0.830. The lowest BCUT2D eigenvalue weighted by Crippen LogP contribution is -2.63. The van der Waals surface area contributed by atoms with E-state index < -0.39 is 22.9 Å². The Morgan fingerprint density at radius 1 is 1.69 bits per heavy atom. The van der Waals surface area contributed by atoms with Gasteiger partial charge in [-0.2, -0.15) is 17.0 Å². The lowest BCUT2D eigenvalue weighted by atomic mass is 9.73. The molecule has 5 heteroatoms. The van der Waals surface area contributed by atoms with E-state index in [2.05, 4.69) is 0 Å². The van der Waals surface area contributed by atoms with Crippen LogP contribution in [-0.4, -0.2) is 39.2 Å². The average molecular weight is 239 g/mol. The van der Waals surface area contributed by atoms with Crippen LogP contribution in [0.3, 0.4) is 0 Å². The molecule has 0 unspecified atom stereocenters. The minimum absolute atomic E-state index is 0.252. The zero-order chi connectivity index (χ0) is 12.0. The van der Waals surface area contributed by atoms with Crippen molar-refractivity contribution in [2.24, 2.45) is 11.8 Å². The lowest BCUT2D eigenvalue weighted by Gasteiger charge is -2.41. The van der Waals surface area contributed by atoms with Crippen molar-refractivity contribution in [3.05, 3.63) is 12.2 Å². The SMILES string of the molecule is CSC[C@]1(O)[C@@H]2C=CC(=O)[C@@]1(O)[C@@H](C#N)C2. The standard InChI is InChI=1S/C11H13NO3S/c1-16-6-10(14)7-2-3-9(13)11(10,15)8(4-7)5-12/h2-3,7-8,14-15H,4,6H2,1H3/t7-,8-,10+,11+/m1/s1. The number of nitrogens with zero attached hydrogens (tertiary/aromatic N) is 1. The van der Waals surface area contributed by atoms with Crippen LogP contribution >= 0.6 is 11.8 Å². The molecular formula is C11H13NO3S. The molecule has 16 heavy (non-hydrogen) atoms. The van der Waals surface area contributed by atoms with Crippen molar-refractivity contribution in [1.82, 2.24) is 0 Å². The molecule has 0 aromatic carbocycles. The van der Waals surface area contributed by atoms with Crippen molar-refractivity contribution in [3.63, 3.8) is 0 Å². The molecule has 0 aliphatic heterocycles. The number of thioether (sulfide) groups is 1. The first-order valence-electron chi connectivity index (χ1n) is 5.06. The van der Waals surface area contributed by atoms with Gasteiger partial charge in [-0.3, -0.25) is 4.79 Å². The fraction of sp³-hybridized carbons (Fsp3) is 0.636. The maximum atomic E-state index is 11.8. The molecule has 2 bridgehead atoms. The number of ketones is 1. The van der Waals surface area contributed by atoms with Crippen molar-refractivity contribution in [1.29, 1.82) is 5.26 Å². The van der Waals surface area contributed by atoms with Gasteiger partial charge in [-0.15, -0.1) is 0 Å². The third-order valence-corrected chi connectivity index (χ3v) is 4.37. The second-order valence-electron chi connectivity index (χ2n) is 4.37. The fourth-order valence-corrected chi connectivity index (χ4v) is 3.61. The van der Waals surface area contributed by atoms with Crippen molar-refractivity contribution >= 4 is 17.5 Å². The molecule has 0 spiro atoms. The van der Waals surface area contributed by atoms with E-state index in [0.29, 0.717) is 6.42 Å². The Bertz CT molecular complexity index is 403. The summed E-state index contributed by atoms with van der Waals surface area (Å²) in [6.45, 7) is 0. The van der Waals surface area contributed by atoms with E-state index in [4.69, 9.17) is 5.26 Å². The van der Waals surface area contributed by atoms with Gasteiger partial charge in [0, 0.05) is 11.7 Å². The molecule has 0 radical (unpaired) electrons. The Balaban J connectivity index is 2.53. The Morgan fingerprint density at radius 3 is 2.94 bits per heavy atom. The van der Waals surface area contributed by atoms with Crippen molar-refractivity contribution in [2.45, 2.75) is 17.6 Å². The molecule has 0 amide bonds. The summed E-state index contributed by atoms with van der Waals surface area (Å²) in [5.41, 5.74) is -3.43. The molecule has 4 nitrogen and oxygen atoms in total. The molecule has 0 aromatic heterocycles. The number of nitriles is 1. The van der Waals surface area contributed by atoms with Crippen LogP contribution in [0.1, 0.15) is 6.42 Å². The maximum absolute atomic E-state index is 11.8. The molecule has 2 N–H and O–H groups in total. The fourth-order valence-electron chi connectivity index (χ4n) is 2.74. The summed E-state index contributed by atoms with van der Waals surface area (Å²) in [4.78, 5) is 11.8.